The molecule has 0 bridgehead atoms. The van der Waals surface area contributed by atoms with Crippen molar-refractivity contribution >= 4 is 5.97 Å². The molecule has 0 atom stereocenters. The van der Waals surface area contributed by atoms with Crippen LogP contribution in [0, 0.1) is 0 Å². The molecule has 0 saturated carbocycles. The summed E-state index contributed by atoms with van der Waals surface area (Å²) in [5.74, 6) is -0.0790. The molecule has 0 N–H and O–H groups in total. The third-order valence-electron chi connectivity index (χ3n) is 2.47. The summed E-state index contributed by atoms with van der Waals surface area (Å²) in [6.45, 7) is 4.59. The van der Waals surface area contributed by atoms with E-state index in [1.165, 1.54) is 32.1 Å². The summed E-state index contributed by atoms with van der Waals surface area (Å²) in [4.78, 5) is 10.8. The summed E-state index contributed by atoms with van der Waals surface area (Å²) in [5.41, 5.74) is 0. The van der Waals surface area contributed by atoms with Gasteiger partial charge in [-0.25, -0.2) is 0 Å². The van der Waals surface area contributed by atoms with Crippen LogP contribution in [0.15, 0.2) is 12.2 Å². The molecular weight excluding hydrogens is 200 g/mol. The fourth-order valence-electron chi connectivity index (χ4n) is 1.47. The highest BCUT2D eigenvalue weighted by molar-refractivity contribution is 5.68. The SMILES string of the molecule is CC/C=C/CCCCCCCOC(=O)CC. The van der Waals surface area contributed by atoms with E-state index < -0.39 is 0 Å². The van der Waals surface area contributed by atoms with E-state index in [0.717, 1.165) is 12.8 Å². The quantitative estimate of drug-likeness (QED) is 0.316. The van der Waals surface area contributed by atoms with Crippen LogP contribution < -0.4 is 0 Å². The Balaban J connectivity index is 3.04. The molecule has 0 aliphatic carbocycles. The molecule has 0 aromatic carbocycles. The van der Waals surface area contributed by atoms with Crippen molar-refractivity contribution in [1.29, 1.82) is 0 Å². The first-order valence-electron chi connectivity index (χ1n) is 6.61. The second-order valence-corrected chi connectivity index (χ2v) is 4.01. The Morgan fingerprint density at radius 3 is 2.38 bits per heavy atom. The highest BCUT2D eigenvalue weighted by Crippen LogP contribution is 2.06. The molecule has 0 unspecified atom stereocenters. The predicted octanol–water partition coefficient (Wildman–Crippen LogP) is 4.25. The molecule has 94 valence electrons. The minimum atomic E-state index is -0.0790. The van der Waals surface area contributed by atoms with Crippen LogP contribution in [0.25, 0.3) is 0 Å². The standard InChI is InChI=1S/C14H26O2/c1-3-5-6-7-8-9-10-11-12-13-16-14(15)4-2/h5-6H,3-4,7-13H2,1-2H3/b6-5+. The number of carbonyl (C=O) groups is 1. The summed E-state index contributed by atoms with van der Waals surface area (Å²) < 4.78 is 5.00. The van der Waals surface area contributed by atoms with Gasteiger partial charge in [0, 0.05) is 6.42 Å². The number of esters is 1. The largest absolute Gasteiger partial charge is 0.466 e. The Morgan fingerprint density at radius 1 is 1.00 bits per heavy atom. The molecule has 2 heteroatoms. The van der Waals surface area contributed by atoms with Gasteiger partial charge >= 0.3 is 5.97 Å². The van der Waals surface area contributed by atoms with Crippen molar-refractivity contribution in [2.24, 2.45) is 0 Å². The van der Waals surface area contributed by atoms with E-state index in [4.69, 9.17) is 4.74 Å². The number of carbonyl (C=O) groups excluding carboxylic acids is 1. The molecule has 0 aliphatic heterocycles. The smallest absolute Gasteiger partial charge is 0.305 e. The first kappa shape index (κ1) is 15.2. The van der Waals surface area contributed by atoms with E-state index in [-0.39, 0.29) is 5.97 Å². The van der Waals surface area contributed by atoms with Crippen molar-refractivity contribution < 1.29 is 9.53 Å². The average molecular weight is 226 g/mol. The maximum atomic E-state index is 10.8. The van der Waals surface area contributed by atoms with Crippen LogP contribution in [0.3, 0.4) is 0 Å². The maximum absolute atomic E-state index is 10.8. The number of hydrogen-bond acceptors (Lipinski definition) is 2. The van der Waals surface area contributed by atoms with Crippen molar-refractivity contribution in [1.82, 2.24) is 0 Å². The van der Waals surface area contributed by atoms with E-state index in [1.807, 2.05) is 6.92 Å². The Morgan fingerprint density at radius 2 is 1.69 bits per heavy atom. The van der Waals surface area contributed by atoms with Crippen LogP contribution in [0.1, 0.15) is 65.2 Å². The van der Waals surface area contributed by atoms with E-state index in [1.54, 1.807) is 0 Å². The molecule has 0 aromatic rings. The Kier molecular flexibility index (Phi) is 11.7. The van der Waals surface area contributed by atoms with Crippen molar-refractivity contribution in [3.8, 4) is 0 Å². The molecular formula is C14H26O2. The van der Waals surface area contributed by atoms with Gasteiger partial charge in [0.15, 0.2) is 0 Å². The normalized spacial score (nSPS) is 10.9. The van der Waals surface area contributed by atoms with Gasteiger partial charge in [0.05, 0.1) is 6.61 Å². The fourth-order valence-corrected chi connectivity index (χ4v) is 1.47. The lowest BCUT2D eigenvalue weighted by molar-refractivity contribution is -0.143. The summed E-state index contributed by atoms with van der Waals surface area (Å²) in [6, 6.07) is 0. The van der Waals surface area contributed by atoms with Crippen LogP contribution >= 0.6 is 0 Å². The van der Waals surface area contributed by atoms with Gasteiger partial charge in [-0.3, -0.25) is 4.79 Å². The lowest BCUT2D eigenvalue weighted by Crippen LogP contribution is -2.03. The van der Waals surface area contributed by atoms with Gasteiger partial charge in [-0.1, -0.05) is 45.3 Å². The first-order valence-corrected chi connectivity index (χ1v) is 6.61. The number of unbranched alkanes of at least 4 members (excludes halogenated alkanes) is 5. The minimum Gasteiger partial charge on any atom is -0.466 e. The predicted molar refractivity (Wildman–Crippen MR) is 68.4 cm³/mol. The summed E-state index contributed by atoms with van der Waals surface area (Å²) >= 11 is 0. The third-order valence-corrected chi connectivity index (χ3v) is 2.47. The van der Waals surface area contributed by atoms with Gasteiger partial charge < -0.3 is 4.74 Å². The van der Waals surface area contributed by atoms with E-state index in [9.17, 15) is 4.79 Å². The molecule has 0 amide bonds. The zero-order valence-corrected chi connectivity index (χ0v) is 10.8. The Hall–Kier alpha value is -0.790. The molecule has 16 heavy (non-hydrogen) atoms. The molecule has 0 rings (SSSR count). The Labute approximate surface area is 100 Å². The van der Waals surface area contributed by atoms with Crippen molar-refractivity contribution in [3.05, 3.63) is 12.2 Å². The van der Waals surface area contributed by atoms with Gasteiger partial charge in [-0.2, -0.15) is 0 Å². The molecule has 0 saturated heterocycles. The topological polar surface area (TPSA) is 26.3 Å². The van der Waals surface area contributed by atoms with Crippen LogP contribution in [0.2, 0.25) is 0 Å². The fraction of sp³-hybridized carbons (Fsp3) is 0.786. The highest BCUT2D eigenvalue weighted by Gasteiger charge is 1.96. The zero-order chi connectivity index (χ0) is 12.1. The van der Waals surface area contributed by atoms with E-state index in [0.29, 0.717) is 13.0 Å². The summed E-state index contributed by atoms with van der Waals surface area (Å²) in [7, 11) is 0. The van der Waals surface area contributed by atoms with Gasteiger partial charge in [0.2, 0.25) is 0 Å². The van der Waals surface area contributed by atoms with Gasteiger partial charge in [-0.05, 0) is 25.7 Å². The molecule has 0 aliphatic rings. The lowest BCUT2D eigenvalue weighted by Gasteiger charge is -2.02. The first-order chi connectivity index (χ1) is 7.81. The van der Waals surface area contributed by atoms with E-state index >= 15 is 0 Å². The van der Waals surface area contributed by atoms with Crippen LogP contribution in [0.5, 0.6) is 0 Å². The monoisotopic (exact) mass is 226 g/mol. The molecule has 0 spiro atoms. The lowest BCUT2D eigenvalue weighted by atomic mass is 10.1. The number of ether oxygens (including phenoxy) is 1. The van der Waals surface area contributed by atoms with Crippen molar-refractivity contribution in [3.63, 3.8) is 0 Å². The third kappa shape index (κ3) is 11.3. The molecule has 0 radical (unpaired) electrons. The van der Waals surface area contributed by atoms with Gasteiger partial charge in [0.25, 0.3) is 0 Å². The van der Waals surface area contributed by atoms with Gasteiger partial charge in [-0.15, -0.1) is 0 Å². The second kappa shape index (κ2) is 12.3. The number of rotatable bonds is 10. The minimum absolute atomic E-state index is 0.0790. The molecule has 0 heterocycles. The molecule has 0 fully saturated rings. The highest BCUT2D eigenvalue weighted by atomic mass is 16.5. The van der Waals surface area contributed by atoms with Crippen LogP contribution in [-0.2, 0) is 9.53 Å². The zero-order valence-electron chi connectivity index (χ0n) is 10.8. The second-order valence-electron chi connectivity index (χ2n) is 4.01. The summed E-state index contributed by atoms with van der Waals surface area (Å²) in [5, 5.41) is 0. The van der Waals surface area contributed by atoms with E-state index in [2.05, 4.69) is 19.1 Å². The van der Waals surface area contributed by atoms with Crippen molar-refractivity contribution in [2.75, 3.05) is 6.61 Å². The molecule has 0 aromatic heterocycles. The van der Waals surface area contributed by atoms with Crippen LogP contribution in [0.4, 0.5) is 0 Å². The molecule has 2 nitrogen and oxygen atoms in total. The number of hydrogen-bond donors (Lipinski definition) is 0. The summed E-state index contributed by atoms with van der Waals surface area (Å²) in [6.07, 6.45) is 13.3. The van der Waals surface area contributed by atoms with Gasteiger partial charge in [0.1, 0.15) is 0 Å². The maximum Gasteiger partial charge on any atom is 0.305 e. The van der Waals surface area contributed by atoms with Crippen molar-refractivity contribution in [2.45, 2.75) is 65.2 Å². The average Bonchev–Trinajstić information content (AvgIpc) is 2.31. The number of allylic oxidation sites excluding steroid dienone is 2. The van der Waals surface area contributed by atoms with Crippen LogP contribution in [-0.4, -0.2) is 12.6 Å². The Bertz CT molecular complexity index is 185.